The largest absolute Gasteiger partial charge is 0.462 e. The minimum atomic E-state index is -0.342. The second kappa shape index (κ2) is 7.78. The lowest BCUT2D eigenvalue weighted by atomic mass is 10.1. The second-order valence-electron chi connectivity index (χ2n) is 6.54. The summed E-state index contributed by atoms with van der Waals surface area (Å²) in [5.41, 5.74) is 4.10. The van der Waals surface area contributed by atoms with Crippen LogP contribution in [0, 0.1) is 13.8 Å². The lowest BCUT2D eigenvalue weighted by Crippen LogP contribution is -2.22. The van der Waals surface area contributed by atoms with Gasteiger partial charge in [-0.3, -0.25) is 4.79 Å². The van der Waals surface area contributed by atoms with E-state index in [1.54, 1.807) is 17.4 Å². The van der Waals surface area contributed by atoms with Crippen LogP contribution >= 0.6 is 11.3 Å². The Labute approximate surface area is 166 Å². The fraction of sp³-hybridized carbons (Fsp3) is 0.136. The molecule has 1 amide bonds. The lowest BCUT2D eigenvalue weighted by molar-refractivity contribution is 0.0996. The molecule has 0 radical (unpaired) electrons. The maximum atomic E-state index is 12.7. The van der Waals surface area contributed by atoms with Crippen LogP contribution in [0.5, 0.6) is 0 Å². The summed E-state index contributed by atoms with van der Waals surface area (Å²) >= 11 is 1.54. The molecule has 0 aliphatic carbocycles. The van der Waals surface area contributed by atoms with Crippen molar-refractivity contribution in [1.29, 1.82) is 0 Å². The van der Waals surface area contributed by atoms with Crippen LogP contribution in [0.15, 0.2) is 75.8 Å². The zero-order chi connectivity index (χ0) is 19.5. The number of rotatable bonds is 4. The van der Waals surface area contributed by atoms with Gasteiger partial charge in [-0.2, -0.15) is 4.99 Å². The molecule has 0 N–H and O–H groups in total. The first-order valence-corrected chi connectivity index (χ1v) is 9.77. The van der Waals surface area contributed by atoms with Crippen LogP contribution in [-0.2, 0) is 6.54 Å². The Morgan fingerprint density at radius 1 is 1.18 bits per heavy atom. The summed E-state index contributed by atoms with van der Waals surface area (Å²) in [6.45, 7) is 4.63. The monoisotopic (exact) mass is 389 g/mol. The van der Waals surface area contributed by atoms with Gasteiger partial charge in [-0.05, 0) is 37.6 Å². The smallest absolute Gasteiger partial charge is 0.282 e. The summed E-state index contributed by atoms with van der Waals surface area (Å²) in [6.07, 6.45) is 3.36. The number of carbonyl (C=O) groups is 1. The number of thiazole rings is 1. The van der Waals surface area contributed by atoms with Crippen molar-refractivity contribution >= 4 is 17.2 Å². The molecule has 0 saturated heterocycles. The Morgan fingerprint density at radius 3 is 2.75 bits per heavy atom. The van der Waals surface area contributed by atoms with E-state index in [0.29, 0.717) is 23.4 Å². The Bertz CT molecular complexity index is 1180. The number of nitrogens with zero attached hydrogens (tertiary/aromatic N) is 3. The molecule has 3 heterocycles. The molecular formula is C22H19N3O2S. The summed E-state index contributed by atoms with van der Waals surface area (Å²) in [6, 6.07) is 15.6. The van der Waals surface area contributed by atoms with Crippen LogP contribution < -0.4 is 5.49 Å². The van der Waals surface area contributed by atoms with Gasteiger partial charge in [0.2, 0.25) is 0 Å². The highest BCUT2D eigenvalue weighted by molar-refractivity contribution is 7.09. The Kier molecular flexibility index (Phi) is 5.04. The molecule has 5 nitrogen and oxygen atoms in total. The van der Waals surface area contributed by atoms with Gasteiger partial charge in [0.05, 0.1) is 10.6 Å². The van der Waals surface area contributed by atoms with E-state index in [0.717, 1.165) is 16.3 Å². The first-order chi connectivity index (χ1) is 13.6. The molecule has 28 heavy (non-hydrogen) atoms. The van der Waals surface area contributed by atoms with Crippen LogP contribution in [0.4, 0.5) is 0 Å². The van der Waals surface area contributed by atoms with Gasteiger partial charge in [0.25, 0.3) is 5.91 Å². The third-order valence-corrected chi connectivity index (χ3v) is 5.10. The molecule has 0 unspecified atom stereocenters. The second-order valence-corrected chi connectivity index (χ2v) is 7.60. The van der Waals surface area contributed by atoms with E-state index < -0.39 is 0 Å². The summed E-state index contributed by atoms with van der Waals surface area (Å²) < 4.78 is 7.47. The summed E-state index contributed by atoms with van der Waals surface area (Å²) in [7, 11) is 0. The van der Waals surface area contributed by atoms with Gasteiger partial charge >= 0.3 is 0 Å². The molecule has 140 valence electrons. The maximum Gasteiger partial charge on any atom is 0.282 e. The average molecular weight is 389 g/mol. The first kappa shape index (κ1) is 18.1. The van der Waals surface area contributed by atoms with Crippen molar-refractivity contribution in [2.45, 2.75) is 20.4 Å². The number of benzene rings is 1. The molecule has 0 aliphatic heterocycles. The van der Waals surface area contributed by atoms with Crippen molar-refractivity contribution in [2.24, 2.45) is 4.99 Å². The molecule has 3 aromatic heterocycles. The summed E-state index contributed by atoms with van der Waals surface area (Å²) in [5, 5.41) is 2.86. The van der Waals surface area contributed by atoms with Crippen LogP contribution in [0.2, 0.25) is 0 Å². The van der Waals surface area contributed by atoms with E-state index >= 15 is 0 Å². The molecule has 1 aromatic carbocycles. The van der Waals surface area contributed by atoms with Crippen LogP contribution in [0.3, 0.4) is 0 Å². The molecule has 0 spiro atoms. The van der Waals surface area contributed by atoms with Gasteiger partial charge < -0.3 is 8.98 Å². The number of carbonyl (C=O) groups excluding carboxylic acids is 1. The Hall–Kier alpha value is -3.25. The fourth-order valence-corrected chi connectivity index (χ4v) is 3.42. The average Bonchev–Trinajstić information content (AvgIpc) is 3.34. The van der Waals surface area contributed by atoms with Crippen LogP contribution in [-0.4, -0.2) is 15.5 Å². The van der Waals surface area contributed by atoms with Crippen molar-refractivity contribution < 1.29 is 9.21 Å². The number of hydrogen-bond donors (Lipinski definition) is 0. The Balaban J connectivity index is 1.61. The molecular weight excluding hydrogens is 370 g/mol. The standard InChI is InChI=1S/C22H19N3O2S/c1-15-6-8-17(9-7-15)12-25-10-4-3-5-21(25)24-22(26)18-11-20(27-13-18)19-14-28-16(2)23-19/h3-11,13-14H,12H2,1-2H3. The first-order valence-electron chi connectivity index (χ1n) is 8.89. The van der Waals surface area contributed by atoms with E-state index in [9.17, 15) is 4.79 Å². The van der Waals surface area contributed by atoms with Gasteiger partial charge in [0.15, 0.2) is 5.76 Å². The van der Waals surface area contributed by atoms with Crippen LogP contribution in [0.25, 0.3) is 11.5 Å². The maximum absolute atomic E-state index is 12.7. The van der Waals surface area contributed by atoms with Gasteiger partial charge in [-0.1, -0.05) is 35.9 Å². The predicted octanol–water partition coefficient (Wildman–Crippen LogP) is 4.61. The minimum absolute atomic E-state index is 0.342. The van der Waals surface area contributed by atoms with E-state index in [4.69, 9.17) is 4.42 Å². The zero-order valence-corrected chi connectivity index (χ0v) is 16.4. The van der Waals surface area contributed by atoms with Crippen molar-refractivity contribution in [1.82, 2.24) is 9.55 Å². The minimum Gasteiger partial charge on any atom is -0.462 e. The highest BCUT2D eigenvalue weighted by atomic mass is 32.1. The highest BCUT2D eigenvalue weighted by Crippen LogP contribution is 2.24. The number of aryl methyl sites for hydroxylation is 2. The summed E-state index contributed by atoms with van der Waals surface area (Å²) in [4.78, 5) is 21.3. The van der Waals surface area contributed by atoms with Crippen molar-refractivity contribution in [3.05, 3.63) is 93.6 Å². The van der Waals surface area contributed by atoms with Crippen molar-refractivity contribution in [3.8, 4) is 11.5 Å². The van der Waals surface area contributed by atoms with Crippen molar-refractivity contribution in [2.75, 3.05) is 0 Å². The van der Waals surface area contributed by atoms with Gasteiger partial charge in [-0.25, -0.2) is 4.98 Å². The van der Waals surface area contributed by atoms with Crippen LogP contribution in [0.1, 0.15) is 26.5 Å². The molecule has 0 fully saturated rings. The van der Waals surface area contributed by atoms with E-state index in [1.165, 1.54) is 11.8 Å². The quantitative estimate of drug-likeness (QED) is 0.512. The number of furan rings is 1. The number of pyridine rings is 1. The topological polar surface area (TPSA) is 60.4 Å². The molecule has 4 rings (SSSR count). The van der Waals surface area contributed by atoms with Crippen molar-refractivity contribution in [3.63, 3.8) is 0 Å². The molecule has 6 heteroatoms. The zero-order valence-electron chi connectivity index (χ0n) is 15.6. The molecule has 0 bridgehead atoms. The van der Waals surface area contributed by atoms with Gasteiger partial charge in [0, 0.05) is 18.1 Å². The summed E-state index contributed by atoms with van der Waals surface area (Å²) in [5.74, 6) is 0.231. The molecule has 0 aliphatic rings. The lowest BCUT2D eigenvalue weighted by Gasteiger charge is -2.07. The molecule has 0 atom stereocenters. The van der Waals surface area contributed by atoms with E-state index in [2.05, 4.69) is 41.2 Å². The molecule has 4 aromatic rings. The number of amides is 1. The van der Waals surface area contributed by atoms with Gasteiger partial charge in [0.1, 0.15) is 17.4 Å². The highest BCUT2D eigenvalue weighted by Gasteiger charge is 2.12. The molecule has 0 saturated carbocycles. The fourth-order valence-electron chi connectivity index (χ4n) is 2.82. The predicted molar refractivity (Wildman–Crippen MR) is 109 cm³/mol. The van der Waals surface area contributed by atoms with E-state index in [1.807, 2.05) is 41.3 Å². The van der Waals surface area contributed by atoms with Gasteiger partial charge in [-0.15, -0.1) is 11.3 Å². The van der Waals surface area contributed by atoms with E-state index in [-0.39, 0.29) is 5.91 Å². The Morgan fingerprint density at radius 2 is 2.00 bits per heavy atom. The number of aromatic nitrogens is 2. The number of hydrogen-bond acceptors (Lipinski definition) is 4. The SMILES string of the molecule is Cc1ccc(Cn2ccccc2=NC(=O)c2coc(-c3csc(C)n3)c2)cc1. The third-order valence-electron chi connectivity index (χ3n) is 4.32. The third kappa shape index (κ3) is 4.02. The normalized spacial score (nSPS) is 11.7.